The topological polar surface area (TPSA) is 32.8 Å². The molecule has 1 atom stereocenters. The molecule has 1 heterocycles. The average molecular weight is 356 g/mol. The van der Waals surface area contributed by atoms with Gasteiger partial charge in [0, 0.05) is 38.2 Å². The van der Waals surface area contributed by atoms with E-state index in [0.29, 0.717) is 5.75 Å². The highest BCUT2D eigenvalue weighted by molar-refractivity contribution is 5.62. The summed E-state index contributed by atoms with van der Waals surface area (Å²) in [7, 11) is 1.61. The van der Waals surface area contributed by atoms with Crippen molar-refractivity contribution in [3.63, 3.8) is 0 Å². The van der Waals surface area contributed by atoms with E-state index in [1.54, 1.807) is 13.2 Å². The predicted molar refractivity (Wildman–Crippen MR) is 101 cm³/mol. The number of rotatable bonds is 7. The van der Waals surface area contributed by atoms with Gasteiger partial charge in [0.05, 0.1) is 12.8 Å². The third-order valence-corrected chi connectivity index (χ3v) is 5.00. The van der Waals surface area contributed by atoms with Crippen molar-refractivity contribution in [2.75, 3.05) is 44.7 Å². The summed E-state index contributed by atoms with van der Waals surface area (Å²) in [6, 6.07) is 14.5. The van der Waals surface area contributed by atoms with Gasteiger partial charge in [0.15, 0.2) is 0 Å². The van der Waals surface area contributed by atoms with Gasteiger partial charge in [0.25, 0.3) is 0 Å². The highest BCUT2D eigenvalue weighted by atomic mass is 19.1. The first-order valence-electron chi connectivity index (χ1n) is 9.02. The van der Waals surface area contributed by atoms with Crippen molar-refractivity contribution in [2.24, 2.45) is 0 Å². The minimum absolute atomic E-state index is 0.0578. The Balaban J connectivity index is 1.54. The van der Waals surface area contributed by atoms with Crippen LogP contribution in [0, 0.1) is 5.82 Å². The summed E-state index contributed by atoms with van der Waals surface area (Å²) in [6.45, 7) is 4.29. The zero-order valence-corrected chi connectivity index (χ0v) is 15.1. The lowest BCUT2D eigenvalue weighted by molar-refractivity contribution is -0.109. The van der Waals surface area contributed by atoms with Crippen molar-refractivity contribution in [1.82, 2.24) is 4.90 Å². The number of anilines is 1. The zero-order chi connectivity index (χ0) is 18.4. The summed E-state index contributed by atoms with van der Waals surface area (Å²) in [5.74, 6) is 0.391. The van der Waals surface area contributed by atoms with Gasteiger partial charge < -0.3 is 14.4 Å². The Morgan fingerprint density at radius 1 is 1.12 bits per heavy atom. The summed E-state index contributed by atoms with van der Waals surface area (Å²) in [6.07, 6.45) is 1.86. The van der Waals surface area contributed by atoms with E-state index in [2.05, 4.69) is 9.80 Å². The van der Waals surface area contributed by atoms with Crippen LogP contribution in [0.5, 0.6) is 5.75 Å². The molecule has 4 nitrogen and oxygen atoms in total. The molecule has 1 aliphatic rings. The maximum absolute atomic E-state index is 13.6. The fourth-order valence-electron chi connectivity index (χ4n) is 3.46. The monoisotopic (exact) mass is 356 g/mol. The molecule has 3 rings (SSSR count). The van der Waals surface area contributed by atoms with Crippen LogP contribution in [0.15, 0.2) is 48.5 Å². The predicted octanol–water partition coefficient (Wildman–Crippen LogP) is 3.33. The van der Waals surface area contributed by atoms with Crippen LogP contribution in [0.25, 0.3) is 0 Å². The van der Waals surface area contributed by atoms with E-state index in [1.807, 2.05) is 30.3 Å². The number of aldehydes is 1. The first-order valence-corrected chi connectivity index (χ1v) is 9.02. The molecule has 26 heavy (non-hydrogen) atoms. The smallest absolute Gasteiger partial charge is 0.142 e. The van der Waals surface area contributed by atoms with Crippen LogP contribution in [0.3, 0.4) is 0 Å². The number of carbonyl (C=O) groups excluding carboxylic acids is 1. The molecule has 2 aromatic carbocycles. The third kappa shape index (κ3) is 4.41. The van der Waals surface area contributed by atoms with Gasteiger partial charge in [-0.3, -0.25) is 4.90 Å². The SMILES string of the molecule is COc1ccc(F)cc1N1CCN(CCC(C=O)c2ccccc2)CC1. The number of nitrogens with zero attached hydrogens (tertiary/aromatic N) is 2. The normalized spacial score (nSPS) is 16.3. The molecule has 1 fully saturated rings. The van der Waals surface area contributed by atoms with Crippen molar-refractivity contribution in [1.29, 1.82) is 0 Å². The highest BCUT2D eigenvalue weighted by Crippen LogP contribution is 2.30. The average Bonchev–Trinajstić information content (AvgIpc) is 2.70. The van der Waals surface area contributed by atoms with E-state index in [4.69, 9.17) is 4.74 Å². The Hall–Kier alpha value is -2.40. The van der Waals surface area contributed by atoms with Gasteiger partial charge in [0.2, 0.25) is 0 Å². The molecule has 1 aliphatic heterocycles. The zero-order valence-electron chi connectivity index (χ0n) is 15.1. The first-order chi connectivity index (χ1) is 12.7. The fraction of sp³-hybridized carbons (Fsp3) is 0.381. The van der Waals surface area contributed by atoms with Crippen LogP contribution in [0.2, 0.25) is 0 Å². The van der Waals surface area contributed by atoms with Gasteiger partial charge in [-0.2, -0.15) is 0 Å². The molecule has 0 N–H and O–H groups in total. The second-order valence-electron chi connectivity index (χ2n) is 6.59. The number of carbonyl (C=O) groups is 1. The Morgan fingerprint density at radius 2 is 1.85 bits per heavy atom. The third-order valence-electron chi connectivity index (χ3n) is 5.00. The maximum Gasteiger partial charge on any atom is 0.142 e. The fourth-order valence-corrected chi connectivity index (χ4v) is 3.46. The second-order valence-corrected chi connectivity index (χ2v) is 6.59. The maximum atomic E-state index is 13.6. The highest BCUT2D eigenvalue weighted by Gasteiger charge is 2.21. The molecule has 0 bridgehead atoms. The van der Waals surface area contributed by atoms with E-state index in [9.17, 15) is 9.18 Å². The molecule has 138 valence electrons. The minimum Gasteiger partial charge on any atom is -0.495 e. The van der Waals surface area contributed by atoms with Crippen LogP contribution in [-0.4, -0.2) is 51.0 Å². The Morgan fingerprint density at radius 3 is 2.50 bits per heavy atom. The molecule has 0 radical (unpaired) electrons. The molecule has 1 unspecified atom stereocenters. The van der Waals surface area contributed by atoms with Gasteiger partial charge in [-0.05, 0) is 30.7 Å². The van der Waals surface area contributed by atoms with E-state index in [-0.39, 0.29) is 11.7 Å². The number of ether oxygens (including phenoxy) is 1. The Labute approximate surface area is 154 Å². The molecule has 1 saturated heterocycles. The Bertz CT molecular complexity index is 715. The molecule has 0 saturated carbocycles. The van der Waals surface area contributed by atoms with Gasteiger partial charge in [-0.25, -0.2) is 4.39 Å². The molecule has 0 aromatic heterocycles. The molecule has 2 aromatic rings. The van der Waals surface area contributed by atoms with E-state index < -0.39 is 0 Å². The summed E-state index contributed by atoms with van der Waals surface area (Å²) in [5.41, 5.74) is 1.88. The number of halogens is 1. The molecule has 0 aliphatic carbocycles. The molecule has 0 spiro atoms. The standard InChI is InChI=1S/C21H25FN2O2/c1-26-21-8-7-19(22)15-20(21)24-13-11-23(12-14-24)10-9-18(16-25)17-5-3-2-4-6-17/h2-8,15-16,18H,9-14H2,1H3. The van der Waals surface area contributed by atoms with Gasteiger partial charge in [-0.15, -0.1) is 0 Å². The Kier molecular flexibility index (Phi) is 6.23. The molecule has 0 amide bonds. The number of hydrogen-bond acceptors (Lipinski definition) is 4. The van der Waals surface area contributed by atoms with Crippen molar-refractivity contribution in [3.05, 3.63) is 59.9 Å². The van der Waals surface area contributed by atoms with E-state index in [1.165, 1.54) is 12.1 Å². The number of methoxy groups -OCH3 is 1. The number of piperazine rings is 1. The number of benzene rings is 2. The van der Waals surface area contributed by atoms with E-state index >= 15 is 0 Å². The summed E-state index contributed by atoms with van der Waals surface area (Å²) < 4.78 is 19.0. The lowest BCUT2D eigenvalue weighted by Crippen LogP contribution is -2.47. The van der Waals surface area contributed by atoms with Crippen molar-refractivity contribution < 1.29 is 13.9 Å². The van der Waals surface area contributed by atoms with Crippen molar-refractivity contribution in [3.8, 4) is 5.75 Å². The molecular formula is C21H25FN2O2. The van der Waals surface area contributed by atoms with Crippen LogP contribution in [0.1, 0.15) is 17.9 Å². The van der Waals surface area contributed by atoms with E-state index in [0.717, 1.165) is 56.7 Å². The molecule has 5 heteroatoms. The first kappa shape index (κ1) is 18.4. The lowest BCUT2D eigenvalue weighted by Gasteiger charge is -2.37. The van der Waals surface area contributed by atoms with Gasteiger partial charge in [-0.1, -0.05) is 30.3 Å². The van der Waals surface area contributed by atoms with Crippen molar-refractivity contribution in [2.45, 2.75) is 12.3 Å². The largest absolute Gasteiger partial charge is 0.495 e. The quantitative estimate of drug-likeness (QED) is 0.713. The van der Waals surface area contributed by atoms with Crippen molar-refractivity contribution >= 4 is 12.0 Å². The van der Waals surface area contributed by atoms with Gasteiger partial charge in [0.1, 0.15) is 17.9 Å². The van der Waals surface area contributed by atoms with Crippen LogP contribution < -0.4 is 9.64 Å². The van der Waals surface area contributed by atoms with Crippen LogP contribution in [0.4, 0.5) is 10.1 Å². The van der Waals surface area contributed by atoms with Gasteiger partial charge >= 0.3 is 0 Å². The summed E-state index contributed by atoms with van der Waals surface area (Å²) in [5, 5.41) is 0. The molecular weight excluding hydrogens is 331 g/mol. The number of hydrogen-bond donors (Lipinski definition) is 0. The van der Waals surface area contributed by atoms with Crippen LogP contribution >= 0.6 is 0 Å². The van der Waals surface area contributed by atoms with Crippen LogP contribution in [-0.2, 0) is 4.79 Å². The lowest BCUT2D eigenvalue weighted by atomic mass is 9.97. The summed E-state index contributed by atoms with van der Waals surface area (Å²) >= 11 is 0. The minimum atomic E-state index is -0.250. The second kappa shape index (κ2) is 8.81. The summed E-state index contributed by atoms with van der Waals surface area (Å²) in [4.78, 5) is 16.0.